The molecule has 1 amide bonds. The van der Waals surface area contributed by atoms with E-state index in [1.54, 1.807) is 12.4 Å². The number of thioether (sulfide) groups is 1. The fourth-order valence-corrected chi connectivity index (χ4v) is 4.57. The maximum atomic E-state index is 11.8. The van der Waals surface area contributed by atoms with Crippen LogP contribution in [-0.2, 0) is 20.9 Å². The normalized spacial score (nSPS) is 20.3. The second-order valence-corrected chi connectivity index (χ2v) is 8.28. The molecule has 0 aromatic carbocycles. The Labute approximate surface area is 165 Å². The number of alkyl halides is 3. The summed E-state index contributed by atoms with van der Waals surface area (Å²) in [5.74, 6) is -1.40. The van der Waals surface area contributed by atoms with Gasteiger partial charge in [-0.1, -0.05) is 6.92 Å². The molecule has 156 valence electrons. The highest BCUT2D eigenvalue weighted by molar-refractivity contribution is 8.01. The Kier molecular flexibility index (Phi) is 7.70. The number of hydrogen-bond donors (Lipinski definition) is 1. The lowest BCUT2D eigenvalue weighted by molar-refractivity contribution is -0.192. The van der Waals surface area contributed by atoms with Crippen molar-refractivity contribution < 1.29 is 32.6 Å². The van der Waals surface area contributed by atoms with Crippen LogP contribution < -0.4 is 0 Å². The zero-order valence-corrected chi connectivity index (χ0v) is 16.3. The average molecular weight is 420 g/mol. The predicted octanol–water partition coefficient (Wildman–Crippen LogP) is 3.12. The molecule has 0 aliphatic carbocycles. The van der Waals surface area contributed by atoms with Crippen molar-refractivity contribution in [3.05, 3.63) is 30.1 Å². The van der Waals surface area contributed by atoms with Crippen molar-refractivity contribution in [1.29, 1.82) is 0 Å². The summed E-state index contributed by atoms with van der Waals surface area (Å²) in [5.41, 5.74) is 1.17. The van der Waals surface area contributed by atoms with Crippen molar-refractivity contribution in [2.75, 3.05) is 18.8 Å². The molecule has 2 fully saturated rings. The summed E-state index contributed by atoms with van der Waals surface area (Å²) in [7, 11) is 0. The number of hydrogen-bond acceptors (Lipinski definition) is 5. The Balaban J connectivity index is 0.000000345. The van der Waals surface area contributed by atoms with Crippen LogP contribution in [0.15, 0.2) is 24.5 Å². The van der Waals surface area contributed by atoms with E-state index in [4.69, 9.17) is 14.6 Å². The van der Waals surface area contributed by atoms with Crippen molar-refractivity contribution in [3.8, 4) is 0 Å². The van der Waals surface area contributed by atoms with E-state index in [-0.39, 0.29) is 4.75 Å². The number of rotatable bonds is 5. The van der Waals surface area contributed by atoms with Gasteiger partial charge in [0, 0.05) is 37.7 Å². The van der Waals surface area contributed by atoms with Crippen molar-refractivity contribution in [3.63, 3.8) is 0 Å². The van der Waals surface area contributed by atoms with Crippen LogP contribution in [0.1, 0.15) is 31.7 Å². The lowest BCUT2D eigenvalue weighted by atomic mass is 9.92. The fourth-order valence-electron chi connectivity index (χ4n) is 3.02. The zero-order chi connectivity index (χ0) is 20.8. The Morgan fingerprint density at radius 1 is 1.36 bits per heavy atom. The number of carbonyl (C=O) groups excluding carboxylic acids is 1. The smallest absolute Gasteiger partial charge is 0.475 e. The largest absolute Gasteiger partial charge is 0.490 e. The minimum atomic E-state index is -5.08. The van der Waals surface area contributed by atoms with Gasteiger partial charge >= 0.3 is 12.1 Å². The van der Waals surface area contributed by atoms with Gasteiger partial charge in [-0.25, -0.2) is 4.79 Å². The Morgan fingerprint density at radius 2 is 1.96 bits per heavy atom. The van der Waals surface area contributed by atoms with E-state index in [1.165, 1.54) is 5.56 Å². The third-order valence-corrected chi connectivity index (χ3v) is 6.00. The van der Waals surface area contributed by atoms with E-state index in [2.05, 4.69) is 11.9 Å². The topological polar surface area (TPSA) is 79.7 Å². The molecule has 3 rings (SSSR count). The van der Waals surface area contributed by atoms with Gasteiger partial charge in [0.05, 0.1) is 17.5 Å². The van der Waals surface area contributed by atoms with Crippen molar-refractivity contribution in [2.24, 2.45) is 0 Å². The van der Waals surface area contributed by atoms with Crippen LogP contribution in [0.3, 0.4) is 0 Å². The van der Waals surface area contributed by atoms with Gasteiger partial charge in [0.15, 0.2) is 0 Å². The van der Waals surface area contributed by atoms with Crippen LogP contribution >= 0.6 is 11.8 Å². The highest BCUT2D eigenvalue weighted by Crippen LogP contribution is 2.46. The second-order valence-electron chi connectivity index (χ2n) is 6.79. The number of ether oxygens (including phenoxy) is 1. The van der Waals surface area contributed by atoms with Gasteiger partial charge in [0.1, 0.15) is 0 Å². The molecule has 0 radical (unpaired) electrons. The summed E-state index contributed by atoms with van der Waals surface area (Å²) in [6, 6.07) is 3.98. The predicted molar refractivity (Wildman–Crippen MR) is 97.8 cm³/mol. The van der Waals surface area contributed by atoms with E-state index in [1.807, 2.05) is 28.8 Å². The summed E-state index contributed by atoms with van der Waals surface area (Å²) in [6.45, 7) is 4.53. The molecule has 1 N–H and O–H groups in total. The van der Waals surface area contributed by atoms with E-state index in [0.29, 0.717) is 25.0 Å². The van der Waals surface area contributed by atoms with Gasteiger partial charge in [-0.2, -0.15) is 13.2 Å². The number of pyridine rings is 1. The molecule has 0 bridgehead atoms. The van der Waals surface area contributed by atoms with E-state index < -0.39 is 12.1 Å². The summed E-state index contributed by atoms with van der Waals surface area (Å²) < 4.78 is 38.0. The van der Waals surface area contributed by atoms with Crippen LogP contribution in [0.25, 0.3) is 0 Å². The lowest BCUT2D eigenvalue weighted by Crippen LogP contribution is -2.60. The van der Waals surface area contributed by atoms with Crippen molar-refractivity contribution >= 4 is 23.6 Å². The maximum absolute atomic E-state index is 11.8. The molecule has 3 heterocycles. The molecule has 2 saturated heterocycles. The molecule has 2 aliphatic rings. The molecule has 2 aliphatic heterocycles. The molecule has 1 unspecified atom stereocenters. The monoisotopic (exact) mass is 420 g/mol. The molecule has 6 nitrogen and oxygen atoms in total. The molecule has 1 spiro atoms. The highest BCUT2D eigenvalue weighted by Gasteiger charge is 2.50. The second kappa shape index (κ2) is 9.60. The van der Waals surface area contributed by atoms with Gasteiger partial charge < -0.3 is 14.7 Å². The van der Waals surface area contributed by atoms with Crippen molar-refractivity contribution in [1.82, 2.24) is 9.88 Å². The van der Waals surface area contributed by atoms with Gasteiger partial charge in [0.25, 0.3) is 0 Å². The maximum Gasteiger partial charge on any atom is 0.490 e. The number of carboxylic acids is 1. The summed E-state index contributed by atoms with van der Waals surface area (Å²) >= 11 is 1.98. The van der Waals surface area contributed by atoms with Crippen LogP contribution in [-0.4, -0.2) is 62.7 Å². The number of aromatic nitrogens is 1. The van der Waals surface area contributed by atoms with Crippen LogP contribution in [0.4, 0.5) is 13.2 Å². The number of halogens is 3. The molecule has 1 atom stereocenters. The van der Waals surface area contributed by atoms with Gasteiger partial charge in [0.2, 0.25) is 5.91 Å². The Morgan fingerprint density at radius 3 is 2.50 bits per heavy atom. The zero-order valence-electron chi connectivity index (χ0n) is 15.4. The molecular weight excluding hydrogens is 397 g/mol. The summed E-state index contributed by atoms with van der Waals surface area (Å²) in [6.07, 6.45) is 1.51. The lowest BCUT2D eigenvalue weighted by Gasteiger charge is -2.47. The summed E-state index contributed by atoms with van der Waals surface area (Å²) in [5, 5.41) is 7.12. The minimum Gasteiger partial charge on any atom is -0.475 e. The Bertz CT molecular complexity index is 667. The minimum absolute atomic E-state index is 0.270. The number of likely N-dealkylation sites (tertiary alicyclic amines) is 1. The fraction of sp³-hybridized carbons (Fsp3) is 0.611. The van der Waals surface area contributed by atoms with Gasteiger partial charge in [-0.05, 0) is 30.5 Å². The number of nitrogens with zero attached hydrogens (tertiary/aromatic N) is 2. The highest BCUT2D eigenvalue weighted by atomic mass is 32.2. The first-order chi connectivity index (χ1) is 13.1. The average Bonchev–Trinajstić information content (AvgIpc) is 3.04. The molecule has 1 aromatic rings. The summed E-state index contributed by atoms with van der Waals surface area (Å²) in [4.78, 5) is 26.7. The molecule has 10 heteroatoms. The van der Waals surface area contributed by atoms with Crippen LogP contribution in [0.5, 0.6) is 0 Å². The van der Waals surface area contributed by atoms with Crippen molar-refractivity contribution in [2.45, 2.75) is 49.8 Å². The standard InChI is InChI=1S/C16H22N2O2S.C2HF3O2/c1-2-3-15(19)18-11-16(12-18)8-14(10-21-16)20-9-13-4-6-17-7-5-13;3-2(4,5)1(6)7/h4-7,14H,2-3,8-12H2,1H3;(H,6,7). The SMILES string of the molecule is CCCC(=O)N1CC2(CC(OCc3ccncc3)CS2)C1.O=C(O)C(F)(F)F. The molecule has 1 aromatic heterocycles. The van der Waals surface area contributed by atoms with Gasteiger partial charge in [-0.3, -0.25) is 9.78 Å². The van der Waals surface area contributed by atoms with E-state index in [0.717, 1.165) is 31.7 Å². The number of carboxylic acid groups (broad SMARTS) is 1. The first-order valence-electron chi connectivity index (χ1n) is 8.87. The quantitative estimate of drug-likeness (QED) is 0.789. The number of carbonyl (C=O) groups is 2. The van der Waals surface area contributed by atoms with E-state index >= 15 is 0 Å². The molecule has 0 saturated carbocycles. The Hall–Kier alpha value is -1.81. The number of amides is 1. The van der Waals surface area contributed by atoms with Crippen LogP contribution in [0.2, 0.25) is 0 Å². The first kappa shape index (κ1) is 22.5. The third-order valence-electron chi connectivity index (χ3n) is 4.43. The van der Waals surface area contributed by atoms with E-state index in [9.17, 15) is 18.0 Å². The molecular formula is C18H23F3N2O4S. The first-order valence-corrected chi connectivity index (χ1v) is 9.86. The number of aliphatic carboxylic acids is 1. The van der Waals surface area contributed by atoms with Crippen LogP contribution in [0, 0.1) is 0 Å². The molecule has 28 heavy (non-hydrogen) atoms. The van der Waals surface area contributed by atoms with Gasteiger partial charge in [-0.15, -0.1) is 11.8 Å². The third kappa shape index (κ3) is 6.37.